The minimum absolute atomic E-state index is 0.0986. The maximum absolute atomic E-state index is 5.84. The number of fused-ring (bicyclic) bond motifs is 3. The second kappa shape index (κ2) is 4.91. The Kier molecular flexibility index (Phi) is 3.03. The van der Waals surface area contributed by atoms with Crippen LogP contribution in [-0.2, 0) is 0 Å². The van der Waals surface area contributed by atoms with Crippen LogP contribution in [0.3, 0.4) is 0 Å². The Morgan fingerprint density at radius 2 is 1.48 bits per heavy atom. The number of thiophene rings is 1. The quantitative estimate of drug-likeness (QED) is 0.480. The fourth-order valence-corrected chi connectivity index (χ4v) is 3.83. The molecule has 21 heavy (non-hydrogen) atoms. The van der Waals surface area contributed by atoms with Crippen molar-refractivity contribution in [3.8, 4) is 11.4 Å². The molecular formula is C15H7Cl2N3S. The average molecular weight is 332 g/mol. The van der Waals surface area contributed by atoms with Crippen molar-refractivity contribution in [2.75, 3.05) is 0 Å². The summed E-state index contributed by atoms with van der Waals surface area (Å²) in [6, 6.07) is 14.5. The van der Waals surface area contributed by atoms with E-state index in [2.05, 4.69) is 39.2 Å². The molecule has 6 heteroatoms. The van der Waals surface area contributed by atoms with Gasteiger partial charge in [0.1, 0.15) is 0 Å². The van der Waals surface area contributed by atoms with Crippen LogP contribution in [0.4, 0.5) is 0 Å². The highest BCUT2D eigenvalue weighted by atomic mass is 35.5. The summed E-state index contributed by atoms with van der Waals surface area (Å²) in [4.78, 5) is 12.0. The Bertz CT molecular complexity index is 961. The normalized spacial score (nSPS) is 11.3. The van der Waals surface area contributed by atoms with Crippen molar-refractivity contribution in [2.24, 2.45) is 0 Å². The number of hydrogen-bond donors (Lipinski definition) is 0. The highest BCUT2D eigenvalue weighted by Gasteiger charge is 2.09. The fraction of sp³-hybridized carbons (Fsp3) is 0. The lowest BCUT2D eigenvalue weighted by atomic mass is 10.1. The minimum Gasteiger partial charge on any atom is -0.198 e. The van der Waals surface area contributed by atoms with E-state index in [1.807, 2.05) is 18.2 Å². The smallest absolute Gasteiger partial charge is 0.198 e. The molecule has 4 rings (SSSR count). The van der Waals surface area contributed by atoms with E-state index in [0.717, 1.165) is 5.56 Å². The third kappa shape index (κ3) is 2.25. The molecule has 0 radical (unpaired) electrons. The van der Waals surface area contributed by atoms with Gasteiger partial charge >= 0.3 is 0 Å². The molecule has 0 unspecified atom stereocenters. The van der Waals surface area contributed by atoms with E-state index in [1.165, 1.54) is 20.2 Å². The van der Waals surface area contributed by atoms with Gasteiger partial charge in [-0.15, -0.1) is 11.3 Å². The van der Waals surface area contributed by atoms with E-state index in [9.17, 15) is 0 Å². The van der Waals surface area contributed by atoms with Crippen LogP contribution in [0.25, 0.3) is 31.6 Å². The van der Waals surface area contributed by atoms with Crippen molar-refractivity contribution >= 4 is 54.7 Å². The molecule has 2 heterocycles. The van der Waals surface area contributed by atoms with Crippen molar-refractivity contribution in [2.45, 2.75) is 0 Å². The van der Waals surface area contributed by atoms with Crippen LogP contribution in [0.5, 0.6) is 0 Å². The predicted octanol–water partition coefficient (Wildman–Crippen LogP) is 5.21. The molecule has 0 saturated heterocycles. The number of nitrogens with zero attached hydrogens (tertiary/aromatic N) is 3. The van der Waals surface area contributed by atoms with Crippen molar-refractivity contribution in [3.63, 3.8) is 0 Å². The molecule has 2 aromatic carbocycles. The van der Waals surface area contributed by atoms with Gasteiger partial charge in [-0.05, 0) is 35.3 Å². The number of rotatable bonds is 1. The van der Waals surface area contributed by atoms with Crippen molar-refractivity contribution in [1.29, 1.82) is 0 Å². The molecular weight excluding hydrogens is 325 g/mol. The van der Waals surface area contributed by atoms with Crippen molar-refractivity contribution in [3.05, 3.63) is 53.0 Å². The van der Waals surface area contributed by atoms with E-state index in [4.69, 9.17) is 23.2 Å². The lowest BCUT2D eigenvalue weighted by Gasteiger charge is -2.01. The molecule has 0 saturated carbocycles. The molecule has 0 fully saturated rings. The number of halogens is 2. The largest absolute Gasteiger partial charge is 0.227 e. The van der Waals surface area contributed by atoms with E-state index < -0.39 is 0 Å². The molecule has 2 aromatic heterocycles. The van der Waals surface area contributed by atoms with Crippen LogP contribution in [0.1, 0.15) is 0 Å². The van der Waals surface area contributed by atoms with Gasteiger partial charge < -0.3 is 0 Å². The Morgan fingerprint density at radius 3 is 2.29 bits per heavy atom. The SMILES string of the molecule is Clc1nc(Cl)nc(-c2ccc3c(c2)sc2ccccc23)n1. The van der Waals surface area contributed by atoms with Gasteiger partial charge in [0.2, 0.25) is 10.6 Å². The standard InChI is InChI=1S/C15H7Cl2N3S/c16-14-18-13(19-15(17)20-14)8-5-6-10-9-3-1-2-4-11(9)21-12(10)7-8/h1-7H. The maximum Gasteiger partial charge on any atom is 0.227 e. The van der Waals surface area contributed by atoms with Crippen molar-refractivity contribution < 1.29 is 0 Å². The van der Waals surface area contributed by atoms with Gasteiger partial charge in [0.05, 0.1) is 0 Å². The van der Waals surface area contributed by atoms with Gasteiger partial charge in [0, 0.05) is 25.7 Å². The molecule has 0 aliphatic carbocycles. The Labute approximate surface area is 134 Å². The lowest BCUT2D eigenvalue weighted by molar-refractivity contribution is 1.06. The lowest BCUT2D eigenvalue weighted by Crippen LogP contribution is -1.93. The molecule has 102 valence electrons. The van der Waals surface area contributed by atoms with E-state index >= 15 is 0 Å². The molecule has 0 aliphatic heterocycles. The zero-order chi connectivity index (χ0) is 14.4. The van der Waals surface area contributed by atoms with Crippen LogP contribution in [0.2, 0.25) is 10.6 Å². The Hall–Kier alpha value is -1.75. The molecule has 0 bridgehead atoms. The third-order valence-electron chi connectivity index (χ3n) is 3.22. The number of hydrogen-bond acceptors (Lipinski definition) is 4. The van der Waals surface area contributed by atoms with E-state index in [0.29, 0.717) is 5.82 Å². The molecule has 0 spiro atoms. The van der Waals surface area contributed by atoms with Crippen LogP contribution < -0.4 is 0 Å². The molecule has 3 nitrogen and oxygen atoms in total. The first-order valence-electron chi connectivity index (χ1n) is 6.19. The zero-order valence-corrected chi connectivity index (χ0v) is 12.9. The number of aromatic nitrogens is 3. The second-order valence-corrected chi connectivity index (χ2v) is 6.27. The summed E-state index contributed by atoms with van der Waals surface area (Å²) in [7, 11) is 0. The topological polar surface area (TPSA) is 38.7 Å². The first-order chi connectivity index (χ1) is 10.2. The maximum atomic E-state index is 5.84. The summed E-state index contributed by atoms with van der Waals surface area (Å²) >= 11 is 13.4. The van der Waals surface area contributed by atoms with Gasteiger partial charge in [-0.25, -0.2) is 0 Å². The Morgan fingerprint density at radius 1 is 0.762 bits per heavy atom. The summed E-state index contributed by atoms with van der Waals surface area (Å²) < 4.78 is 2.44. The van der Waals surface area contributed by atoms with Crippen LogP contribution >= 0.6 is 34.5 Å². The molecule has 0 amide bonds. The van der Waals surface area contributed by atoms with Crippen LogP contribution in [-0.4, -0.2) is 15.0 Å². The highest BCUT2D eigenvalue weighted by molar-refractivity contribution is 7.25. The molecule has 4 aromatic rings. The first kappa shape index (κ1) is 13.0. The van der Waals surface area contributed by atoms with Gasteiger partial charge in [-0.3, -0.25) is 0 Å². The zero-order valence-electron chi connectivity index (χ0n) is 10.5. The second-order valence-electron chi connectivity index (χ2n) is 4.51. The summed E-state index contributed by atoms with van der Waals surface area (Å²) in [6.07, 6.45) is 0. The van der Waals surface area contributed by atoms with Gasteiger partial charge in [-0.2, -0.15) is 15.0 Å². The van der Waals surface area contributed by atoms with Crippen molar-refractivity contribution in [1.82, 2.24) is 15.0 Å². The Balaban J connectivity index is 1.96. The van der Waals surface area contributed by atoms with E-state index in [1.54, 1.807) is 11.3 Å². The predicted molar refractivity (Wildman–Crippen MR) is 88.2 cm³/mol. The first-order valence-corrected chi connectivity index (χ1v) is 7.77. The fourth-order valence-electron chi connectivity index (χ4n) is 2.32. The third-order valence-corrected chi connectivity index (χ3v) is 4.69. The number of benzene rings is 2. The minimum atomic E-state index is 0.0986. The summed E-state index contributed by atoms with van der Waals surface area (Å²) in [5.41, 5.74) is 0.875. The average Bonchev–Trinajstić information content (AvgIpc) is 2.83. The molecule has 0 aliphatic rings. The highest BCUT2D eigenvalue weighted by Crippen LogP contribution is 2.35. The van der Waals surface area contributed by atoms with Crippen LogP contribution in [0, 0.1) is 0 Å². The molecule has 0 N–H and O–H groups in total. The van der Waals surface area contributed by atoms with Gasteiger partial charge in [-0.1, -0.05) is 30.3 Å². The van der Waals surface area contributed by atoms with Gasteiger partial charge in [0.15, 0.2) is 5.82 Å². The van der Waals surface area contributed by atoms with Gasteiger partial charge in [0.25, 0.3) is 0 Å². The molecule has 0 atom stereocenters. The van der Waals surface area contributed by atoms with E-state index in [-0.39, 0.29) is 10.6 Å². The van der Waals surface area contributed by atoms with Crippen LogP contribution in [0.15, 0.2) is 42.5 Å². The summed E-state index contributed by atoms with van der Waals surface area (Å²) in [5.74, 6) is 0.486. The summed E-state index contributed by atoms with van der Waals surface area (Å²) in [5, 5.41) is 2.68. The monoisotopic (exact) mass is 331 g/mol. The summed E-state index contributed by atoms with van der Waals surface area (Å²) in [6.45, 7) is 0.